The Bertz CT molecular complexity index is 428. The average molecular weight is 239 g/mol. The Hall–Kier alpha value is -1.85. The molecule has 1 aromatic rings. The molecule has 0 bridgehead atoms. The zero-order valence-corrected chi connectivity index (χ0v) is 10.3. The lowest BCUT2D eigenvalue weighted by Gasteiger charge is -2.26. The third-order valence-corrected chi connectivity index (χ3v) is 2.19. The minimum absolute atomic E-state index is 0.0497. The SMILES string of the molecule is CCOC(=O)CN(c1cc(=O)[nH]cn1)C(C)C. The molecule has 1 rings (SSSR count). The summed E-state index contributed by atoms with van der Waals surface area (Å²) in [6.45, 7) is 6.02. The molecule has 6 nitrogen and oxygen atoms in total. The number of nitrogens with one attached hydrogen (secondary N) is 1. The Balaban J connectivity index is 2.86. The van der Waals surface area contributed by atoms with Gasteiger partial charge in [0.2, 0.25) is 0 Å². The van der Waals surface area contributed by atoms with Gasteiger partial charge in [0.05, 0.1) is 12.9 Å². The van der Waals surface area contributed by atoms with E-state index in [1.807, 2.05) is 13.8 Å². The Kier molecular flexibility index (Phi) is 4.68. The number of hydrogen-bond acceptors (Lipinski definition) is 5. The van der Waals surface area contributed by atoms with Gasteiger partial charge >= 0.3 is 5.97 Å². The van der Waals surface area contributed by atoms with E-state index in [4.69, 9.17) is 4.74 Å². The number of aromatic nitrogens is 2. The normalized spacial score (nSPS) is 10.4. The van der Waals surface area contributed by atoms with Crippen molar-refractivity contribution in [1.29, 1.82) is 0 Å². The van der Waals surface area contributed by atoms with Crippen LogP contribution in [0.3, 0.4) is 0 Å². The fraction of sp³-hybridized carbons (Fsp3) is 0.545. The zero-order valence-electron chi connectivity index (χ0n) is 10.3. The van der Waals surface area contributed by atoms with Crippen LogP contribution >= 0.6 is 0 Å². The summed E-state index contributed by atoms with van der Waals surface area (Å²) in [6.07, 6.45) is 1.32. The van der Waals surface area contributed by atoms with Crippen LogP contribution in [0.25, 0.3) is 0 Å². The van der Waals surface area contributed by atoms with E-state index in [2.05, 4.69) is 9.97 Å². The zero-order chi connectivity index (χ0) is 12.8. The molecule has 0 radical (unpaired) electrons. The lowest BCUT2D eigenvalue weighted by atomic mass is 10.3. The van der Waals surface area contributed by atoms with E-state index in [0.29, 0.717) is 12.4 Å². The molecule has 1 heterocycles. The molecule has 0 atom stereocenters. The highest BCUT2D eigenvalue weighted by Gasteiger charge is 2.16. The van der Waals surface area contributed by atoms with Gasteiger partial charge in [-0.3, -0.25) is 9.59 Å². The van der Waals surface area contributed by atoms with Crippen molar-refractivity contribution in [3.8, 4) is 0 Å². The van der Waals surface area contributed by atoms with Crippen molar-refractivity contribution in [3.05, 3.63) is 22.7 Å². The maximum Gasteiger partial charge on any atom is 0.325 e. The van der Waals surface area contributed by atoms with Crippen LogP contribution in [0.5, 0.6) is 0 Å². The van der Waals surface area contributed by atoms with E-state index in [0.717, 1.165) is 0 Å². The van der Waals surface area contributed by atoms with Gasteiger partial charge in [-0.25, -0.2) is 4.98 Å². The molecule has 0 aliphatic carbocycles. The summed E-state index contributed by atoms with van der Waals surface area (Å²) in [5, 5.41) is 0. The van der Waals surface area contributed by atoms with Crippen LogP contribution in [0.4, 0.5) is 5.82 Å². The molecule has 0 saturated carbocycles. The van der Waals surface area contributed by atoms with Crippen LogP contribution < -0.4 is 10.5 Å². The Morgan fingerprint density at radius 2 is 2.29 bits per heavy atom. The second-order valence-electron chi connectivity index (χ2n) is 3.80. The summed E-state index contributed by atoms with van der Waals surface area (Å²) in [5.74, 6) is 0.139. The molecule has 0 fully saturated rings. The lowest BCUT2D eigenvalue weighted by molar-refractivity contribution is -0.141. The third-order valence-electron chi connectivity index (χ3n) is 2.19. The van der Waals surface area contributed by atoms with E-state index in [9.17, 15) is 9.59 Å². The molecule has 0 saturated heterocycles. The number of anilines is 1. The number of H-pyrrole nitrogens is 1. The summed E-state index contributed by atoms with van der Waals surface area (Å²) in [4.78, 5) is 30.8. The van der Waals surface area contributed by atoms with Crippen molar-refractivity contribution < 1.29 is 9.53 Å². The summed E-state index contributed by atoms with van der Waals surface area (Å²) < 4.78 is 4.88. The third kappa shape index (κ3) is 3.90. The average Bonchev–Trinajstić information content (AvgIpc) is 2.26. The quantitative estimate of drug-likeness (QED) is 0.759. The number of nitrogens with zero attached hydrogens (tertiary/aromatic N) is 2. The molecule has 0 amide bonds. The van der Waals surface area contributed by atoms with Crippen molar-refractivity contribution in [2.45, 2.75) is 26.8 Å². The molecular weight excluding hydrogens is 222 g/mol. The minimum Gasteiger partial charge on any atom is -0.465 e. The van der Waals surface area contributed by atoms with Gasteiger partial charge in [-0.1, -0.05) is 0 Å². The van der Waals surface area contributed by atoms with Crippen LogP contribution in [0, 0.1) is 0 Å². The van der Waals surface area contributed by atoms with Crippen LogP contribution in [0.2, 0.25) is 0 Å². The molecule has 0 aliphatic rings. The van der Waals surface area contributed by atoms with Gasteiger partial charge in [0.15, 0.2) is 0 Å². The van der Waals surface area contributed by atoms with Crippen LogP contribution in [0.15, 0.2) is 17.2 Å². The van der Waals surface area contributed by atoms with Gasteiger partial charge in [0, 0.05) is 12.1 Å². The first-order valence-corrected chi connectivity index (χ1v) is 5.51. The van der Waals surface area contributed by atoms with Crippen LogP contribution in [-0.2, 0) is 9.53 Å². The fourth-order valence-corrected chi connectivity index (χ4v) is 1.39. The molecule has 0 aliphatic heterocycles. The van der Waals surface area contributed by atoms with Crippen molar-refractivity contribution >= 4 is 11.8 Å². The van der Waals surface area contributed by atoms with E-state index in [1.54, 1.807) is 11.8 Å². The lowest BCUT2D eigenvalue weighted by Crippen LogP contribution is -2.37. The van der Waals surface area contributed by atoms with E-state index in [-0.39, 0.29) is 24.1 Å². The highest BCUT2D eigenvalue weighted by Crippen LogP contribution is 2.10. The summed E-state index contributed by atoms with van der Waals surface area (Å²) in [5.41, 5.74) is -0.246. The van der Waals surface area contributed by atoms with E-state index >= 15 is 0 Å². The molecule has 94 valence electrons. The minimum atomic E-state index is -0.330. The highest BCUT2D eigenvalue weighted by molar-refractivity contribution is 5.75. The Labute approximate surface area is 99.6 Å². The summed E-state index contributed by atoms with van der Waals surface area (Å²) in [6, 6.07) is 1.41. The second-order valence-corrected chi connectivity index (χ2v) is 3.80. The standard InChI is InChI=1S/C11H17N3O3/c1-4-17-11(16)6-14(8(2)3)9-5-10(15)13-7-12-9/h5,7-8H,4,6H2,1-3H3,(H,12,13,15). The largest absolute Gasteiger partial charge is 0.465 e. The van der Waals surface area contributed by atoms with E-state index < -0.39 is 0 Å². The molecule has 6 heteroatoms. The topological polar surface area (TPSA) is 75.3 Å². The maximum atomic E-state index is 11.4. The first-order chi connectivity index (χ1) is 8.04. The van der Waals surface area contributed by atoms with Crippen molar-refractivity contribution in [2.75, 3.05) is 18.1 Å². The van der Waals surface area contributed by atoms with Crippen LogP contribution in [-0.4, -0.2) is 35.1 Å². The van der Waals surface area contributed by atoms with Gasteiger partial charge in [0.25, 0.3) is 5.56 Å². The summed E-state index contributed by atoms with van der Waals surface area (Å²) in [7, 11) is 0. The van der Waals surface area contributed by atoms with Gasteiger partial charge < -0.3 is 14.6 Å². The molecule has 1 N–H and O–H groups in total. The summed E-state index contributed by atoms with van der Waals surface area (Å²) >= 11 is 0. The van der Waals surface area contributed by atoms with Crippen molar-refractivity contribution in [3.63, 3.8) is 0 Å². The van der Waals surface area contributed by atoms with Crippen molar-refractivity contribution in [1.82, 2.24) is 9.97 Å². The monoisotopic (exact) mass is 239 g/mol. The Morgan fingerprint density at radius 1 is 1.59 bits per heavy atom. The maximum absolute atomic E-state index is 11.4. The number of carbonyl (C=O) groups excluding carboxylic acids is 1. The fourth-order valence-electron chi connectivity index (χ4n) is 1.39. The van der Waals surface area contributed by atoms with Crippen molar-refractivity contribution in [2.24, 2.45) is 0 Å². The predicted molar refractivity (Wildman–Crippen MR) is 64.0 cm³/mol. The number of esters is 1. The van der Waals surface area contributed by atoms with Gasteiger partial charge in [0.1, 0.15) is 12.4 Å². The molecule has 17 heavy (non-hydrogen) atoms. The first kappa shape index (κ1) is 13.2. The van der Waals surface area contributed by atoms with Gasteiger partial charge in [-0.15, -0.1) is 0 Å². The Morgan fingerprint density at radius 3 is 2.82 bits per heavy atom. The number of hydrogen-bond donors (Lipinski definition) is 1. The second kappa shape index (κ2) is 6.03. The molecular formula is C11H17N3O3. The molecule has 0 spiro atoms. The van der Waals surface area contributed by atoms with Crippen LogP contribution in [0.1, 0.15) is 20.8 Å². The number of carbonyl (C=O) groups is 1. The first-order valence-electron chi connectivity index (χ1n) is 5.51. The van der Waals surface area contributed by atoms with Gasteiger partial charge in [-0.05, 0) is 20.8 Å². The number of aromatic amines is 1. The molecule has 0 aromatic carbocycles. The molecule has 0 unspecified atom stereocenters. The predicted octanol–water partition coefficient (Wildman–Crippen LogP) is 0.548. The number of ether oxygens (including phenoxy) is 1. The van der Waals surface area contributed by atoms with Gasteiger partial charge in [-0.2, -0.15) is 0 Å². The smallest absolute Gasteiger partial charge is 0.325 e. The highest BCUT2D eigenvalue weighted by atomic mass is 16.5. The molecule has 1 aromatic heterocycles. The van der Waals surface area contributed by atoms with E-state index in [1.165, 1.54) is 12.4 Å². The number of rotatable bonds is 5.